The molecule has 3 aromatic rings. The number of halogens is 1. The fourth-order valence-electron chi connectivity index (χ4n) is 2.21. The van der Waals surface area contributed by atoms with E-state index in [9.17, 15) is 9.18 Å². The van der Waals surface area contributed by atoms with Crippen molar-refractivity contribution in [2.75, 3.05) is 11.9 Å². The fraction of sp³-hybridized carbons (Fsp3) is 0.200. The van der Waals surface area contributed by atoms with Crippen molar-refractivity contribution in [2.24, 2.45) is 0 Å². The van der Waals surface area contributed by atoms with Crippen LogP contribution in [0.25, 0.3) is 4.96 Å². The molecule has 0 saturated heterocycles. The number of hydrogen-bond donors (Lipinski definition) is 0. The van der Waals surface area contributed by atoms with Crippen molar-refractivity contribution in [3.05, 3.63) is 63.3 Å². The maximum absolute atomic E-state index is 12.9. The molecule has 0 atom stereocenters. The van der Waals surface area contributed by atoms with Crippen molar-refractivity contribution >= 4 is 22.0 Å². The van der Waals surface area contributed by atoms with Gasteiger partial charge in [0.2, 0.25) is 0 Å². The van der Waals surface area contributed by atoms with Gasteiger partial charge in [0.05, 0.1) is 12.2 Å². The first-order chi connectivity index (χ1) is 10.0. The van der Waals surface area contributed by atoms with Gasteiger partial charge >= 0.3 is 0 Å². The first-order valence-corrected chi connectivity index (χ1v) is 7.36. The first kappa shape index (κ1) is 13.8. The number of thiazole rings is 1. The Labute approximate surface area is 125 Å². The van der Waals surface area contributed by atoms with Gasteiger partial charge < -0.3 is 4.90 Å². The van der Waals surface area contributed by atoms with Crippen LogP contribution in [0.4, 0.5) is 10.1 Å². The molecule has 0 radical (unpaired) electrons. The number of aryl methyl sites for hydroxylation is 1. The molecule has 3 rings (SSSR count). The standard InChI is InChI=1S/C15H14FN3OS/c1-10-9-21-15-17-12(7-14(20)19(10)15)8-18(2)13-5-3-11(16)4-6-13/h3-7,9H,8H2,1-2H3. The van der Waals surface area contributed by atoms with Crippen LogP contribution < -0.4 is 10.5 Å². The van der Waals surface area contributed by atoms with Gasteiger partial charge in [0, 0.05) is 29.9 Å². The minimum absolute atomic E-state index is 0.0683. The van der Waals surface area contributed by atoms with E-state index in [1.807, 2.05) is 24.3 Å². The second-order valence-electron chi connectivity index (χ2n) is 4.91. The minimum Gasteiger partial charge on any atom is -0.369 e. The molecule has 6 heteroatoms. The van der Waals surface area contributed by atoms with Crippen molar-refractivity contribution in [3.8, 4) is 0 Å². The summed E-state index contributed by atoms with van der Waals surface area (Å²) in [6.07, 6.45) is 0. The van der Waals surface area contributed by atoms with E-state index in [-0.39, 0.29) is 11.4 Å². The zero-order valence-electron chi connectivity index (χ0n) is 11.7. The molecule has 0 aliphatic rings. The summed E-state index contributed by atoms with van der Waals surface area (Å²) >= 11 is 1.45. The van der Waals surface area contributed by atoms with E-state index in [1.165, 1.54) is 23.5 Å². The minimum atomic E-state index is -0.265. The summed E-state index contributed by atoms with van der Waals surface area (Å²) in [5.41, 5.74) is 2.40. The molecule has 0 N–H and O–H groups in total. The van der Waals surface area contributed by atoms with E-state index in [0.29, 0.717) is 17.2 Å². The van der Waals surface area contributed by atoms with Crippen molar-refractivity contribution in [3.63, 3.8) is 0 Å². The summed E-state index contributed by atoms with van der Waals surface area (Å²) in [5.74, 6) is -0.265. The third-order valence-corrected chi connectivity index (χ3v) is 4.24. The van der Waals surface area contributed by atoms with Crippen LogP contribution in [0.15, 0.2) is 40.5 Å². The molecule has 0 unspecified atom stereocenters. The fourth-order valence-corrected chi connectivity index (χ4v) is 3.10. The number of fused-ring (bicyclic) bond motifs is 1. The Hall–Kier alpha value is -2.21. The van der Waals surface area contributed by atoms with Crippen LogP contribution in [0.1, 0.15) is 11.4 Å². The monoisotopic (exact) mass is 303 g/mol. The predicted molar refractivity (Wildman–Crippen MR) is 82.6 cm³/mol. The van der Waals surface area contributed by atoms with Gasteiger partial charge in [0.15, 0.2) is 4.96 Å². The van der Waals surface area contributed by atoms with E-state index in [4.69, 9.17) is 0 Å². The number of hydrogen-bond acceptors (Lipinski definition) is 4. The van der Waals surface area contributed by atoms with E-state index < -0.39 is 0 Å². The molecule has 2 aromatic heterocycles. The lowest BCUT2D eigenvalue weighted by molar-refractivity contribution is 0.627. The second-order valence-corrected chi connectivity index (χ2v) is 5.75. The highest BCUT2D eigenvalue weighted by Crippen LogP contribution is 2.16. The molecule has 0 fully saturated rings. The lowest BCUT2D eigenvalue weighted by atomic mass is 10.2. The van der Waals surface area contributed by atoms with Gasteiger partial charge in [-0.2, -0.15) is 0 Å². The lowest BCUT2D eigenvalue weighted by Crippen LogP contribution is -2.21. The Morgan fingerprint density at radius 3 is 2.76 bits per heavy atom. The van der Waals surface area contributed by atoms with Crippen LogP contribution in [-0.4, -0.2) is 16.4 Å². The highest BCUT2D eigenvalue weighted by atomic mass is 32.1. The molecule has 108 valence electrons. The van der Waals surface area contributed by atoms with Crippen LogP contribution >= 0.6 is 11.3 Å². The van der Waals surface area contributed by atoms with E-state index in [2.05, 4.69) is 4.98 Å². The third kappa shape index (κ3) is 2.67. The van der Waals surface area contributed by atoms with E-state index in [0.717, 1.165) is 11.4 Å². The van der Waals surface area contributed by atoms with Crippen LogP contribution in [0.2, 0.25) is 0 Å². The van der Waals surface area contributed by atoms with Gasteiger partial charge in [-0.1, -0.05) is 0 Å². The summed E-state index contributed by atoms with van der Waals surface area (Å²) < 4.78 is 14.5. The number of aromatic nitrogens is 2. The molecule has 4 nitrogen and oxygen atoms in total. The molecule has 0 spiro atoms. The number of nitrogens with zero attached hydrogens (tertiary/aromatic N) is 3. The van der Waals surface area contributed by atoms with Crippen LogP contribution in [0.3, 0.4) is 0 Å². The molecule has 0 aliphatic carbocycles. The van der Waals surface area contributed by atoms with Gasteiger partial charge in [-0.05, 0) is 31.2 Å². The van der Waals surface area contributed by atoms with E-state index in [1.54, 1.807) is 22.6 Å². The van der Waals surface area contributed by atoms with Gasteiger partial charge in [0.1, 0.15) is 5.82 Å². The molecule has 21 heavy (non-hydrogen) atoms. The highest BCUT2D eigenvalue weighted by molar-refractivity contribution is 7.15. The summed E-state index contributed by atoms with van der Waals surface area (Å²) in [6, 6.07) is 7.79. The Kier molecular flexibility index (Phi) is 3.47. The van der Waals surface area contributed by atoms with Crippen LogP contribution in [0.5, 0.6) is 0 Å². The zero-order valence-corrected chi connectivity index (χ0v) is 12.5. The maximum atomic E-state index is 12.9. The van der Waals surface area contributed by atoms with Crippen LogP contribution in [0, 0.1) is 12.7 Å². The highest BCUT2D eigenvalue weighted by Gasteiger charge is 2.09. The SMILES string of the molecule is Cc1csc2nc(CN(C)c3ccc(F)cc3)cc(=O)n12. The Balaban J connectivity index is 1.91. The molecule has 0 saturated carbocycles. The van der Waals surface area contributed by atoms with Crippen molar-refractivity contribution < 1.29 is 4.39 Å². The molecule has 2 heterocycles. The van der Waals surface area contributed by atoms with Gasteiger partial charge in [-0.25, -0.2) is 9.37 Å². The number of anilines is 1. The average molecular weight is 303 g/mol. The van der Waals surface area contributed by atoms with Gasteiger partial charge in [0.25, 0.3) is 5.56 Å². The van der Waals surface area contributed by atoms with Crippen molar-refractivity contribution in [2.45, 2.75) is 13.5 Å². The summed E-state index contributed by atoms with van der Waals surface area (Å²) in [4.78, 5) is 19.2. The maximum Gasteiger partial charge on any atom is 0.259 e. The number of benzene rings is 1. The third-order valence-electron chi connectivity index (χ3n) is 3.30. The molecule has 0 amide bonds. The summed E-state index contributed by atoms with van der Waals surface area (Å²) in [7, 11) is 1.89. The largest absolute Gasteiger partial charge is 0.369 e. The van der Waals surface area contributed by atoms with Gasteiger partial charge in [-0.15, -0.1) is 11.3 Å². The van der Waals surface area contributed by atoms with Crippen molar-refractivity contribution in [1.82, 2.24) is 9.38 Å². The zero-order chi connectivity index (χ0) is 15.0. The topological polar surface area (TPSA) is 37.6 Å². The Bertz CT molecular complexity index is 838. The summed E-state index contributed by atoms with van der Waals surface area (Å²) in [6.45, 7) is 2.38. The van der Waals surface area contributed by atoms with Gasteiger partial charge in [-0.3, -0.25) is 9.20 Å². The second kappa shape index (κ2) is 5.29. The molecule has 0 aliphatic heterocycles. The average Bonchev–Trinajstić information content (AvgIpc) is 2.81. The summed E-state index contributed by atoms with van der Waals surface area (Å²) in [5, 5.41) is 1.91. The smallest absolute Gasteiger partial charge is 0.259 e. The van der Waals surface area contributed by atoms with Crippen molar-refractivity contribution in [1.29, 1.82) is 0 Å². The Morgan fingerprint density at radius 2 is 2.05 bits per heavy atom. The first-order valence-electron chi connectivity index (χ1n) is 6.48. The predicted octanol–water partition coefficient (Wildman–Crippen LogP) is 2.84. The molecule has 0 bridgehead atoms. The molecular formula is C15H14FN3OS. The molecule has 1 aromatic carbocycles. The lowest BCUT2D eigenvalue weighted by Gasteiger charge is -2.18. The number of rotatable bonds is 3. The molecular weight excluding hydrogens is 289 g/mol. The Morgan fingerprint density at radius 1 is 1.33 bits per heavy atom. The normalized spacial score (nSPS) is 11.0. The quantitative estimate of drug-likeness (QED) is 0.746. The van der Waals surface area contributed by atoms with E-state index >= 15 is 0 Å². The van der Waals surface area contributed by atoms with Crippen LogP contribution in [-0.2, 0) is 6.54 Å².